The van der Waals surface area contributed by atoms with Crippen LogP contribution >= 0.6 is 0 Å². The first kappa shape index (κ1) is 9.65. The minimum atomic E-state index is 0.118. The number of rotatable bonds is 4. The van der Waals surface area contributed by atoms with Gasteiger partial charge in [-0.3, -0.25) is 0 Å². The predicted octanol–water partition coefficient (Wildman–Crippen LogP) is 1.35. The topological polar surface area (TPSA) is 67.6 Å². The van der Waals surface area contributed by atoms with Gasteiger partial charge < -0.3 is 5.73 Å². The molecule has 4 heteroatoms. The quantitative estimate of drug-likeness (QED) is 0.760. The maximum atomic E-state index is 6.03. The maximum Gasteiger partial charge on any atom is 0.0882 e. The first-order valence-corrected chi connectivity index (χ1v) is 5.29. The second kappa shape index (κ2) is 3.35. The summed E-state index contributed by atoms with van der Waals surface area (Å²) in [5.74, 6) is 0.441. The molecule has 0 atom stereocenters. The lowest BCUT2D eigenvalue weighted by molar-refractivity contribution is 0.598. The normalized spacial score (nSPS) is 18.9. The number of aryl methyl sites for hydroxylation is 1. The van der Waals surface area contributed by atoms with E-state index in [2.05, 4.69) is 29.3 Å². The largest absolute Gasteiger partial charge is 0.325 e. The summed E-state index contributed by atoms with van der Waals surface area (Å²) < 4.78 is 0. The van der Waals surface area contributed by atoms with E-state index in [0.717, 1.165) is 24.2 Å². The zero-order valence-electron chi connectivity index (χ0n) is 8.88. The molecular formula is C10H18N4. The van der Waals surface area contributed by atoms with Gasteiger partial charge in [-0.05, 0) is 31.6 Å². The van der Waals surface area contributed by atoms with E-state index < -0.39 is 0 Å². The van der Waals surface area contributed by atoms with Crippen molar-refractivity contribution in [2.75, 3.05) is 0 Å². The summed E-state index contributed by atoms with van der Waals surface area (Å²) in [5, 5.41) is 11.0. The molecule has 0 aromatic carbocycles. The molecule has 1 aromatic rings. The van der Waals surface area contributed by atoms with Crippen molar-refractivity contribution < 1.29 is 0 Å². The molecule has 0 aliphatic heterocycles. The lowest BCUT2D eigenvalue weighted by Gasteiger charge is -2.07. The summed E-state index contributed by atoms with van der Waals surface area (Å²) in [6, 6.07) is 0. The molecule has 1 aliphatic carbocycles. The molecule has 0 saturated heterocycles. The van der Waals surface area contributed by atoms with Crippen LogP contribution in [0.15, 0.2) is 0 Å². The molecule has 2 rings (SSSR count). The third-order valence-electron chi connectivity index (χ3n) is 2.95. The number of nitrogens with two attached hydrogens (primary N) is 1. The highest BCUT2D eigenvalue weighted by atomic mass is 15.3. The van der Waals surface area contributed by atoms with E-state index in [0.29, 0.717) is 5.92 Å². The van der Waals surface area contributed by atoms with Crippen molar-refractivity contribution in [3.8, 4) is 0 Å². The van der Waals surface area contributed by atoms with Crippen molar-refractivity contribution in [2.24, 2.45) is 5.73 Å². The Morgan fingerprint density at radius 2 is 2.14 bits per heavy atom. The van der Waals surface area contributed by atoms with Crippen molar-refractivity contribution in [1.29, 1.82) is 0 Å². The van der Waals surface area contributed by atoms with Gasteiger partial charge in [-0.1, -0.05) is 13.8 Å². The number of aromatic amines is 1. The minimum absolute atomic E-state index is 0.118. The molecule has 14 heavy (non-hydrogen) atoms. The van der Waals surface area contributed by atoms with E-state index in [9.17, 15) is 0 Å². The maximum absolute atomic E-state index is 6.03. The Labute approximate surface area is 84.3 Å². The van der Waals surface area contributed by atoms with Crippen molar-refractivity contribution in [2.45, 2.75) is 51.0 Å². The molecule has 0 radical (unpaired) electrons. The number of H-pyrrole nitrogens is 1. The molecule has 0 unspecified atom stereocenters. The van der Waals surface area contributed by atoms with Crippen LogP contribution in [-0.4, -0.2) is 20.9 Å². The Bertz CT molecular complexity index is 312. The van der Waals surface area contributed by atoms with Crippen LogP contribution in [0.1, 0.15) is 50.4 Å². The van der Waals surface area contributed by atoms with Gasteiger partial charge >= 0.3 is 0 Å². The molecule has 78 valence electrons. The lowest BCUT2D eigenvalue weighted by atomic mass is 10.0. The summed E-state index contributed by atoms with van der Waals surface area (Å²) in [4.78, 5) is 0. The fourth-order valence-electron chi connectivity index (χ4n) is 1.69. The zero-order valence-corrected chi connectivity index (χ0v) is 8.88. The van der Waals surface area contributed by atoms with E-state index in [-0.39, 0.29) is 5.54 Å². The van der Waals surface area contributed by atoms with Gasteiger partial charge in [-0.15, -0.1) is 0 Å². The predicted molar refractivity (Wildman–Crippen MR) is 54.9 cm³/mol. The zero-order chi connectivity index (χ0) is 10.2. The number of aromatic nitrogens is 3. The molecular weight excluding hydrogens is 176 g/mol. The first-order chi connectivity index (χ1) is 6.61. The smallest absolute Gasteiger partial charge is 0.0882 e. The van der Waals surface area contributed by atoms with Crippen LogP contribution in [0, 0.1) is 0 Å². The van der Waals surface area contributed by atoms with Gasteiger partial charge in [0.2, 0.25) is 0 Å². The number of nitrogens with one attached hydrogen (secondary N) is 1. The molecule has 1 heterocycles. The third-order valence-corrected chi connectivity index (χ3v) is 2.95. The van der Waals surface area contributed by atoms with Crippen LogP contribution < -0.4 is 5.73 Å². The molecule has 0 amide bonds. The summed E-state index contributed by atoms with van der Waals surface area (Å²) in [5.41, 5.74) is 8.34. The number of hydrogen-bond donors (Lipinski definition) is 2. The van der Waals surface area contributed by atoms with Crippen LogP contribution in [0.5, 0.6) is 0 Å². The average molecular weight is 194 g/mol. The van der Waals surface area contributed by atoms with E-state index in [1.807, 2.05) is 0 Å². The summed E-state index contributed by atoms with van der Waals surface area (Å²) in [7, 11) is 0. The van der Waals surface area contributed by atoms with Crippen LogP contribution in [-0.2, 0) is 6.42 Å². The second-order valence-corrected chi connectivity index (χ2v) is 4.67. The Balaban J connectivity index is 1.98. The Morgan fingerprint density at radius 3 is 2.71 bits per heavy atom. The van der Waals surface area contributed by atoms with Crippen molar-refractivity contribution in [3.63, 3.8) is 0 Å². The number of hydrogen-bond acceptors (Lipinski definition) is 3. The molecule has 1 saturated carbocycles. The second-order valence-electron chi connectivity index (χ2n) is 4.67. The van der Waals surface area contributed by atoms with Crippen LogP contribution in [0.2, 0.25) is 0 Å². The standard InChI is InChI=1S/C10H18N4/c1-7(2)9-8(12-14-13-9)3-4-10(11)5-6-10/h7H,3-6,11H2,1-2H3,(H,12,13,14). The molecule has 0 spiro atoms. The van der Waals surface area contributed by atoms with E-state index in [1.165, 1.54) is 12.8 Å². The Hall–Kier alpha value is -0.900. The van der Waals surface area contributed by atoms with Crippen molar-refractivity contribution in [1.82, 2.24) is 15.4 Å². The highest BCUT2D eigenvalue weighted by Crippen LogP contribution is 2.36. The summed E-state index contributed by atoms with van der Waals surface area (Å²) in [6.07, 6.45) is 4.34. The number of nitrogens with zero attached hydrogens (tertiary/aromatic N) is 2. The average Bonchev–Trinajstić information content (AvgIpc) is 2.68. The monoisotopic (exact) mass is 194 g/mol. The Kier molecular flexibility index (Phi) is 2.31. The van der Waals surface area contributed by atoms with Gasteiger partial charge in [0.1, 0.15) is 0 Å². The van der Waals surface area contributed by atoms with Crippen molar-refractivity contribution in [3.05, 3.63) is 11.4 Å². The summed E-state index contributed by atoms with van der Waals surface area (Å²) >= 11 is 0. The van der Waals surface area contributed by atoms with E-state index >= 15 is 0 Å². The SMILES string of the molecule is CC(C)c1n[nH]nc1CCC1(N)CC1. The highest BCUT2D eigenvalue weighted by molar-refractivity contribution is 5.14. The molecule has 3 N–H and O–H groups in total. The molecule has 0 bridgehead atoms. The minimum Gasteiger partial charge on any atom is -0.325 e. The van der Waals surface area contributed by atoms with Crippen LogP contribution in [0.4, 0.5) is 0 Å². The van der Waals surface area contributed by atoms with Crippen LogP contribution in [0.25, 0.3) is 0 Å². The van der Waals surface area contributed by atoms with Gasteiger partial charge in [-0.2, -0.15) is 15.4 Å². The fourth-order valence-corrected chi connectivity index (χ4v) is 1.69. The summed E-state index contributed by atoms with van der Waals surface area (Å²) in [6.45, 7) is 4.27. The van der Waals surface area contributed by atoms with Crippen molar-refractivity contribution >= 4 is 0 Å². The molecule has 1 fully saturated rings. The molecule has 4 nitrogen and oxygen atoms in total. The van der Waals surface area contributed by atoms with Gasteiger partial charge in [0.15, 0.2) is 0 Å². The van der Waals surface area contributed by atoms with Gasteiger partial charge in [-0.25, -0.2) is 0 Å². The highest BCUT2D eigenvalue weighted by Gasteiger charge is 2.37. The lowest BCUT2D eigenvalue weighted by Crippen LogP contribution is -2.22. The van der Waals surface area contributed by atoms with Gasteiger partial charge in [0.25, 0.3) is 0 Å². The first-order valence-electron chi connectivity index (χ1n) is 5.29. The van der Waals surface area contributed by atoms with Crippen LogP contribution in [0.3, 0.4) is 0 Å². The molecule has 1 aromatic heterocycles. The van der Waals surface area contributed by atoms with Gasteiger partial charge in [0.05, 0.1) is 11.4 Å². The third kappa shape index (κ3) is 1.95. The fraction of sp³-hybridized carbons (Fsp3) is 0.800. The van der Waals surface area contributed by atoms with Gasteiger partial charge in [0, 0.05) is 5.54 Å². The Morgan fingerprint density at radius 1 is 1.43 bits per heavy atom. The van der Waals surface area contributed by atoms with E-state index in [4.69, 9.17) is 5.73 Å². The molecule has 1 aliphatic rings. The van der Waals surface area contributed by atoms with E-state index in [1.54, 1.807) is 0 Å².